The molecular formula is C15H21ClN2O3. The molecular weight excluding hydrogens is 292 g/mol. The highest BCUT2D eigenvalue weighted by atomic mass is 35.5. The van der Waals surface area contributed by atoms with Crippen molar-refractivity contribution in [2.75, 3.05) is 26.4 Å². The zero-order valence-electron chi connectivity index (χ0n) is 11.8. The molecule has 6 heteroatoms. The van der Waals surface area contributed by atoms with Gasteiger partial charge in [-0.2, -0.15) is 0 Å². The summed E-state index contributed by atoms with van der Waals surface area (Å²) in [5.74, 6) is 0.712. The van der Waals surface area contributed by atoms with Crippen molar-refractivity contribution in [2.45, 2.75) is 12.6 Å². The summed E-state index contributed by atoms with van der Waals surface area (Å²) >= 11 is 0. The third-order valence-electron chi connectivity index (χ3n) is 3.02. The molecule has 21 heavy (non-hydrogen) atoms. The Morgan fingerprint density at radius 3 is 3.05 bits per heavy atom. The molecule has 1 saturated heterocycles. The number of hydrogen-bond acceptors (Lipinski definition) is 4. The Labute approximate surface area is 131 Å². The number of para-hydroxylation sites is 1. The quantitative estimate of drug-likeness (QED) is 0.777. The van der Waals surface area contributed by atoms with Crippen LogP contribution in [0.2, 0.25) is 0 Å². The van der Waals surface area contributed by atoms with Crippen LogP contribution in [0.15, 0.2) is 36.9 Å². The summed E-state index contributed by atoms with van der Waals surface area (Å²) in [6, 6.07) is 7.37. The Balaban J connectivity index is 0.00000220. The Morgan fingerprint density at radius 1 is 1.52 bits per heavy atom. The zero-order chi connectivity index (χ0) is 14.2. The van der Waals surface area contributed by atoms with Crippen molar-refractivity contribution < 1.29 is 14.3 Å². The van der Waals surface area contributed by atoms with Crippen LogP contribution in [0.25, 0.3) is 0 Å². The summed E-state index contributed by atoms with van der Waals surface area (Å²) in [6.45, 7) is 6.28. The maximum Gasteiger partial charge on any atom is 0.239 e. The van der Waals surface area contributed by atoms with Crippen LogP contribution in [0.1, 0.15) is 5.56 Å². The van der Waals surface area contributed by atoms with Gasteiger partial charge in [0.05, 0.1) is 13.2 Å². The molecule has 1 aromatic carbocycles. The second-order valence-corrected chi connectivity index (χ2v) is 4.51. The number of carbonyl (C=O) groups is 1. The highest BCUT2D eigenvalue weighted by Crippen LogP contribution is 2.17. The highest BCUT2D eigenvalue weighted by Gasteiger charge is 2.20. The average molecular weight is 313 g/mol. The maximum atomic E-state index is 12.0. The van der Waals surface area contributed by atoms with E-state index in [0.717, 1.165) is 11.3 Å². The molecule has 0 aliphatic carbocycles. The predicted octanol–water partition coefficient (Wildman–Crippen LogP) is 1.28. The molecule has 0 aromatic heterocycles. The molecule has 1 fully saturated rings. The lowest BCUT2D eigenvalue weighted by Gasteiger charge is -2.23. The van der Waals surface area contributed by atoms with Crippen molar-refractivity contribution in [1.82, 2.24) is 10.6 Å². The van der Waals surface area contributed by atoms with Crippen molar-refractivity contribution in [3.8, 4) is 5.75 Å². The average Bonchev–Trinajstić information content (AvgIpc) is 2.52. The van der Waals surface area contributed by atoms with Crippen LogP contribution in [0.4, 0.5) is 0 Å². The van der Waals surface area contributed by atoms with Gasteiger partial charge in [-0.15, -0.1) is 12.4 Å². The molecule has 0 radical (unpaired) electrons. The van der Waals surface area contributed by atoms with Crippen LogP contribution in [0, 0.1) is 0 Å². The number of hydrogen-bond donors (Lipinski definition) is 2. The molecule has 116 valence electrons. The lowest BCUT2D eigenvalue weighted by atomic mass is 10.2. The van der Waals surface area contributed by atoms with E-state index < -0.39 is 0 Å². The second kappa shape index (κ2) is 9.39. The molecule has 0 saturated carbocycles. The molecule has 1 aromatic rings. The van der Waals surface area contributed by atoms with Gasteiger partial charge < -0.3 is 20.1 Å². The number of rotatable bonds is 6. The van der Waals surface area contributed by atoms with Gasteiger partial charge in [-0.05, 0) is 6.07 Å². The fourth-order valence-electron chi connectivity index (χ4n) is 1.98. The van der Waals surface area contributed by atoms with Crippen molar-refractivity contribution in [1.29, 1.82) is 0 Å². The molecule has 1 heterocycles. The predicted molar refractivity (Wildman–Crippen MR) is 83.8 cm³/mol. The number of morpholine rings is 1. The van der Waals surface area contributed by atoms with Gasteiger partial charge in [0.15, 0.2) is 0 Å². The van der Waals surface area contributed by atoms with Crippen LogP contribution in [0.3, 0.4) is 0 Å². The Morgan fingerprint density at radius 2 is 2.33 bits per heavy atom. The number of nitrogens with one attached hydrogen (secondary N) is 2. The molecule has 0 bridgehead atoms. The van der Waals surface area contributed by atoms with Gasteiger partial charge in [-0.1, -0.05) is 30.9 Å². The van der Waals surface area contributed by atoms with Crippen LogP contribution < -0.4 is 15.4 Å². The molecule has 1 aliphatic heterocycles. The molecule has 1 unspecified atom stereocenters. The van der Waals surface area contributed by atoms with E-state index in [1.807, 2.05) is 24.3 Å². The third kappa shape index (κ3) is 5.38. The normalized spacial score (nSPS) is 17.4. The highest BCUT2D eigenvalue weighted by molar-refractivity contribution is 5.85. The first kappa shape index (κ1) is 17.5. The zero-order valence-corrected chi connectivity index (χ0v) is 12.7. The maximum absolute atomic E-state index is 12.0. The summed E-state index contributed by atoms with van der Waals surface area (Å²) in [5.41, 5.74) is 0.944. The monoisotopic (exact) mass is 312 g/mol. The van der Waals surface area contributed by atoms with E-state index in [1.54, 1.807) is 6.08 Å². The minimum absolute atomic E-state index is 0. The summed E-state index contributed by atoms with van der Waals surface area (Å²) in [4.78, 5) is 12.0. The van der Waals surface area contributed by atoms with Crippen LogP contribution in [-0.4, -0.2) is 38.3 Å². The fraction of sp³-hybridized carbons (Fsp3) is 0.400. The van der Waals surface area contributed by atoms with Crippen molar-refractivity contribution in [3.63, 3.8) is 0 Å². The molecule has 2 N–H and O–H groups in total. The Hall–Kier alpha value is -1.56. The van der Waals surface area contributed by atoms with E-state index in [9.17, 15) is 4.79 Å². The van der Waals surface area contributed by atoms with Crippen molar-refractivity contribution in [2.24, 2.45) is 0 Å². The SMILES string of the molecule is C=CCOc1ccccc1CNC(=O)C1COCCN1.Cl. The summed E-state index contributed by atoms with van der Waals surface area (Å²) in [7, 11) is 0. The summed E-state index contributed by atoms with van der Waals surface area (Å²) in [6.07, 6.45) is 1.69. The van der Waals surface area contributed by atoms with Crippen LogP contribution in [0.5, 0.6) is 5.75 Å². The molecule has 1 aliphatic rings. The number of ether oxygens (including phenoxy) is 2. The fourth-order valence-corrected chi connectivity index (χ4v) is 1.98. The van der Waals surface area contributed by atoms with Gasteiger partial charge in [-0.25, -0.2) is 0 Å². The van der Waals surface area contributed by atoms with Crippen molar-refractivity contribution in [3.05, 3.63) is 42.5 Å². The van der Waals surface area contributed by atoms with E-state index in [2.05, 4.69) is 17.2 Å². The van der Waals surface area contributed by atoms with Crippen molar-refractivity contribution >= 4 is 18.3 Å². The topological polar surface area (TPSA) is 59.6 Å². The third-order valence-corrected chi connectivity index (χ3v) is 3.02. The molecule has 5 nitrogen and oxygen atoms in total. The summed E-state index contributed by atoms with van der Waals surface area (Å²) in [5, 5.41) is 6.02. The molecule has 1 atom stereocenters. The van der Waals surface area contributed by atoms with Gasteiger partial charge >= 0.3 is 0 Å². The van der Waals surface area contributed by atoms with Crippen LogP contribution in [-0.2, 0) is 16.1 Å². The smallest absolute Gasteiger partial charge is 0.239 e. The van der Waals surface area contributed by atoms with Gasteiger partial charge in [0.1, 0.15) is 18.4 Å². The number of carbonyl (C=O) groups excluding carboxylic acids is 1. The standard InChI is InChI=1S/C15H20N2O3.ClH/c1-2-8-20-14-6-4-3-5-12(14)10-17-15(18)13-11-19-9-7-16-13;/h2-6,13,16H,1,7-11H2,(H,17,18);1H. The Kier molecular flexibility index (Phi) is 7.82. The second-order valence-electron chi connectivity index (χ2n) is 4.51. The van der Waals surface area contributed by atoms with E-state index in [4.69, 9.17) is 9.47 Å². The largest absolute Gasteiger partial charge is 0.489 e. The lowest BCUT2D eigenvalue weighted by Crippen LogP contribution is -2.51. The lowest BCUT2D eigenvalue weighted by molar-refractivity contribution is -0.126. The van der Waals surface area contributed by atoms with E-state index >= 15 is 0 Å². The van der Waals surface area contributed by atoms with Gasteiger partial charge in [0.2, 0.25) is 5.91 Å². The molecule has 1 amide bonds. The van der Waals surface area contributed by atoms with E-state index in [-0.39, 0.29) is 24.4 Å². The minimum atomic E-state index is -0.273. The van der Waals surface area contributed by atoms with Gasteiger partial charge in [0.25, 0.3) is 0 Å². The summed E-state index contributed by atoms with van der Waals surface area (Å²) < 4.78 is 10.8. The first-order chi connectivity index (χ1) is 9.81. The first-order valence-corrected chi connectivity index (χ1v) is 6.71. The van der Waals surface area contributed by atoms with E-state index in [1.165, 1.54) is 0 Å². The molecule has 2 rings (SSSR count). The first-order valence-electron chi connectivity index (χ1n) is 6.71. The number of benzene rings is 1. The number of amides is 1. The van der Waals surface area contributed by atoms with Crippen LogP contribution >= 0.6 is 12.4 Å². The number of halogens is 1. The van der Waals surface area contributed by atoms with Gasteiger partial charge in [0, 0.05) is 18.7 Å². The Bertz CT molecular complexity index is 462. The molecule has 0 spiro atoms. The van der Waals surface area contributed by atoms with E-state index in [0.29, 0.717) is 32.9 Å². The minimum Gasteiger partial charge on any atom is -0.489 e. The van der Waals surface area contributed by atoms with Gasteiger partial charge in [-0.3, -0.25) is 4.79 Å².